The first-order valence-electron chi connectivity index (χ1n) is 8.73. The van der Waals surface area contributed by atoms with Crippen LogP contribution in [-0.2, 0) is 0 Å². The smallest absolute Gasteiger partial charge is 0.225 e. The van der Waals surface area contributed by atoms with Crippen LogP contribution in [0.2, 0.25) is 0 Å². The van der Waals surface area contributed by atoms with E-state index in [4.69, 9.17) is 0 Å². The standard InChI is InChI=1S/C18H27N7/c1-13-9-14(2)22-18(21-13)25-8-6-7-15(11-25)24(5)17-10-16(23(3)4)19-12-20-17/h9-10,12,15H,6-8,11H2,1-5H3. The molecule has 1 saturated heterocycles. The quantitative estimate of drug-likeness (QED) is 0.843. The van der Waals surface area contributed by atoms with Crippen molar-refractivity contribution in [2.24, 2.45) is 0 Å². The first-order chi connectivity index (χ1) is 11.9. The van der Waals surface area contributed by atoms with Crippen molar-refractivity contribution in [3.63, 3.8) is 0 Å². The maximum absolute atomic E-state index is 4.63. The van der Waals surface area contributed by atoms with E-state index in [9.17, 15) is 0 Å². The van der Waals surface area contributed by atoms with Gasteiger partial charge in [-0.25, -0.2) is 19.9 Å². The molecule has 0 aromatic carbocycles. The van der Waals surface area contributed by atoms with Crippen molar-refractivity contribution in [2.75, 3.05) is 48.9 Å². The molecular weight excluding hydrogens is 314 g/mol. The minimum Gasteiger partial charge on any atom is -0.363 e. The molecule has 1 unspecified atom stereocenters. The van der Waals surface area contributed by atoms with Gasteiger partial charge < -0.3 is 14.7 Å². The summed E-state index contributed by atoms with van der Waals surface area (Å²) in [7, 11) is 6.09. The zero-order valence-electron chi connectivity index (χ0n) is 15.8. The van der Waals surface area contributed by atoms with Gasteiger partial charge in [0.05, 0.1) is 0 Å². The second-order valence-corrected chi connectivity index (χ2v) is 6.93. The summed E-state index contributed by atoms with van der Waals surface area (Å²) in [5.41, 5.74) is 2.04. The normalized spacial score (nSPS) is 17.5. The summed E-state index contributed by atoms with van der Waals surface area (Å²) in [6.07, 6.45) is 3.89. The Bertz CT molecular complexity index is 711. The summed E-state index contributed by atoms with van der Waals surface area (Å²) in [6, 6.07) is 4.43. The summed E-state index contributed by atoms with van der Waals surface area (Å²) in [6.45, 7) is 5.95. The highest BCUT2D eigenvalue weighted by atomic mass is 15.3. The SMILES string of the molecule is Cc1cc(C)nc(N2CCCC(N(C)c3cc(N(C)C)ncn3)C2)n1. The molecule has 1 aliphatic heterocycles. The number of nitrogens with zero attached hydrogens (tertiary/aromatic N) is 7. The Hall–Kier alpha value is -2.44. The van der Waals surface area contributed by atoms with E-state index in [-0.39, 0.29) is 0 Å². The summed E-state index contributed by atoms with van der Waals surface area (Å²) < 4.78 is 0. The Kier molecular flexibility index (Phi) is 5.01. The van der Waals surface area contributed by atoms with Crippen molar-refractivity contribution >= 4 is 17.6 Å². The lowest BCUT2D eigenvalue weighted by Gasteiger charge is -2.38. The Labute approximate surface area is 149 Å². The van der Waals surface area contributed by atoms with Crippen molar-refractivity contribution in [1.29, 1.82) is 0 Å². The molecule has 0 bridgehead atoms. The number of aromatic nitrogens is 4. The van der Waals surface area contributed by atoms with Gasteiger partial charge in [0, 0.05) is 57.7 Å². The number of hydrogen-bond donors (Lipinski definition) is 0. The Morgan fingerprint density at radius 2 is 1.68 bits per heavy atom. The third-order valence-corrected chi connectivity index (χ3v) is 4.66. The average molecular weight is 341 g/mol. The molecule has 25 heavy (non-hydrogen) atoms. The summed E-state index contributed by atoms with van der Waals surface area (Å²) in [4.78, 5) is 24.6. The fourth-order valence-electron chi connectivity index (χ4n) is 3.26. The highest BCUT2D eigenvalue weighted by molar-refractivity contribution is 5.50. The number of anilines is 3. The molecular formula is C18H27N7. The first-order valence-corrected chi connectivity index (χ1v) is 8.73. The van der Waals surface area contributed by atoms with Crippen LogP contribution < -0.4 is 14.7 Å². The summed E-state index contributed by atoms with van der Waals surface area (Å²) in [5.74, 6) is 2.71. The van der Waals surface area contributed by atoms with Gasteiger partial charge in [-0.2, -0.15) is 0 Å². The lowest BCUT2D eigenvalue weighted by Crippen LogP contribution is -2.47. The Morgan fingerprint density at radius 3 is 2.36 bits per heavy atom. The zero-order chi connectivity index (χ0) is 18.0. The van der Waals surface area contributed by atoms with Crippen LogP contribution in [0.5, 0.6) is 0 Å². The van der Waals surface area contributed by atoms with E-state index in [1.807, 2.05) is 45.0 Å². The Balaban J connectivity index is 1.77. The molecule has 1 aliphatic rings. The van der Waals surface area contributed by atoms with Gasteiger partial charge in [-0.1, -0.05) is 0 Å². The molecule has 0 saturated carbocycles. The van der Waals surface area contributed by atoms with E-state index in [0.29, 0.717) is 6.04 Å². The van der Waals surface area contributed by atoms with Gasteiger partial charge in [0.1, 0.15) is 18.0 Å². The van der Waals surface area contributed by atoms with Crippen LogP contribution in [-0.4, -0.2) is 60.2 Å². The van der Waals surface area contributed by atoms with Crippen molar-refractivity contribution in [1.82, 2.24) is 19.9 Å². The van der Waals surface area contributed by atoms with Crippen LogP contribution in [0.3, 0.4) is 0 Å². The number of aryl methyl sites for hydroxylation is 2. The third kappa shape index (κ3) is 3.97. The summed E-state index contributed by atoms with van der Waals surface area (Å²) in [5, 5.41) is 0. The van der Waals surface area contributed by atoms with E-state index in [0.717, 1.165) is 54.9 Å². The van der Waals surface area contributed by atoms with Crippen molar-refractivity contribution < 1.29 is 0 Å². The maximum atomic E-state index is 4.63. The Morgan fingerprint density at radius 1 is 1.00 bits per heavy atom. The molecule has 134 valence electrons. The fourth-order valence-corrected chi connectivity index (χ4v) is 3.26. The maximum Gasteiger partial charge on any atom is 0.225 e. The molecule has 2 aromatic rings. The van der Waals surface area contributed by atoms with E-state index in [2.05, 4.69) is 36.8 Å². The monoisotopic (exact) mass is 341 g/mol. The molecule has 1 atom stereocenters. The molecule has 0 radical (unpaired) electrons. The minimum atomic E-state index is 0.378. The van der Waals surface area contributed by atoms with Crippen molar-refractivity contribution in [3.05, 3.63) is 29.8 Å². The molecule has 7 heteroatoms. The van der Waals surface area contributed by atoms with Gasteiger partial charge in [-0.15, -0.1) is 0 Å². The second kappa shape index (κ2) is 7.21. The highest BCUT2D eigenvalue weighted by Gasteiger charge is 2.26. The molecule has 0 amide bonds. The van der Waals surface area contributed by atoms with Crippen LogP contribution in [0.15, 0.2) is 18.5 Å². The van der Waals surface area contributed by atoms with E-state index in [1.165, 1.54) is 0 Å². The van der Waals surface area contributed by atoms with E-state index < -0.39 is 0 Å². The van der Waals surface area contributed by atoms with Crippen LogP contribution in [0.25, 0.3) is 0 Å². The number of piperidine rings is 1. The average Bonchev–Trinajstić information content (AvgIpc) is 2.60. The molecule has 0 spiro atoms. The van der Waals surface area contributed by atoms with Crippen LogP contribution in [0.1, 0.15) is 24.2 Å². The fraction of sp³-hybridized carbons (Fsp3) is 0.556. The van der Waals surface area contributed by atoms with Crippen LogP contribution in [0, 0.1) is 13.8 Å². The van der Waals surface area contributed by atoms with Crippen molar-refractivity contribution in [3.8, 4) is 0 Å². The zero-order valence-corrected chi connectivity index (χ0v) is 15.8. The molecule has 7 nitrogen and oxygen atoms in total. The molecule has 2 aromatic heterocycles. The van der Waals surface area contributed by atoms with Crippen LogP contribution >= 0.6 is 0 Å². The largest absolute Gasteiger partial charge is 0.363 e. The topological polar surface area (TPSA) is 61.3 Å². The second-order valence-electron chi connectivity index (χ2n) is 6.93. The first kappa shape index (κ1) is 17.4. The molecule has 3 heterocycles. The number of rotatable bonds is 4. The third-order valence-electron chi connectivity index (χ3n) is 4.66. The summed E-state index contributed by atoms with van der Waals surface area (Å²) >= 11 is 0. The molecule has 3 rings (SSSR count). The highest BCUT2D eigenvalue weighted by Crippen LogP contribution is 2.24. The van der Waals surface area contributed by atoms with Gasteiger partial charge in [0.15, 0.2) is 0 Å². The lowest BCUT2D eigenvalue weighted by atomic mass is 10.0. The lowest BCUT2D eigenvalue weighted by molar-refractivity contribution is 0.480. The molecule has 0 N–H and O–H groups in total. The molecule has 1 fully saturated rings. The predicted molar refractivity (Wildman–Crippen MR) is 102 cm³/mol. The van der Waals surface area contributed by atoms with Gasteiger partial charge in [-0.3, -0.25) is 0 Å². The number of likely N-dealkylation sites (N-methyl/N-ethyl adjacent to an activating group) is 1. The minimum absolute atomic E-state index is 0.378. The van der Waals surface area contributed by atoms with Gasteiger partial charge >= 0.3 is 0 Å². The van der Waals surface area contributed by atoms with Gasteiger partial charge in [0.25, 0.3) is 0 Å². The number of hydrogen-bond acceptors (Lipinski definition) is 7. The predicted octanol–water partition coefficient (Wildman–Crippen LogP) is 2.05. The van der Waals surface area contributed by atoms with Crippen LogP contribution in [0.4, 0.5) is 17.6 Å². The molecule has 0 aliphatic carbocycles. The van der Waals surface area contributed by atoms with Gasteiger partial charge in [-0.05, 0) is 32.8 Å². The van der Waals surface area contributed by atoms with E-state index in [1.54, 1.807) is 6.33 Å². The van der Waals surface area contributed by atoms with Crippen molar-refractivity contribution in [2.45, 2.75) is 32.7 Å². The van der Waals surface area contributed by atoms with E-state index >= 15 is 0 Å². The van der Waals surface area contributed by atoms with Gasteiger partial charge in [0.2, 0.25) is 5.95 Å².